The van der Waals surface area contributed by atoms with Crippen LogP contribution in [0.1, 0.15) is 70.4 Å². The van der Waals surface area contributed by atoms with Crippen LogP contribution in [-0.2, 0) is 0 Å². The lowest BCUT2D eigenvalue weighted by Gasteiger charge is -2.63. The van der Waals surface area contributed by atoms with Crippen molar-refractivity contribution in [2.45, 2.75) is 71.8 Å². The van der Waals surface area contributed by atoms with E-state index in [1.165, 1.54) is 18.4 Å². The third kappa shape index (κ3) is 2.01. The number of hydrogen-bond donors (Lipinski definition) is 1. The van der Waals surface area contributed by atoms with E-state index in [1.807, 2.05) is 13.0 Å². The average molecular weight is 326 g/mol. The molecule has 0 aromatic heterocycles. The van der Waals surface area contributed by atoms with Crippen LogP contribution in [0, 0.1) is 24.2 Å². The number of aryl methyl sites for hydroxylation is 1. The summed E-state index contributed by atoms with van der Waals surface area (Å²) in [7, 11) is 0. The number of phenols is 1. The normalized spacial score (nSPS) is 38.6. The van der Waals surface area contributed by atoms with Crippen LogP contribution in [0.3, 0.4) is 0 Å². The van der Waals surface area contributed by atoms with Gasteiger partial charge in [-0.15, -0.1) is 0 Å². The summed E-state index contributed by atoms with van der Waals surface area (Å²) in [6.07, 6.45) is 7.11. The number of aromatic hydroxyl groups is 1. The zero-order chi connectivity index (χ0) is 17.3. The highest BCUT2D eigenvalue weighted by molar-refractivity contribution is 5.54. The fourth-order valence-electron chi connectivity index (χ4n) is 6.10. The first-order valence-corrected chi connectivity index (χ1v) is 9.42. The van der Waals surface area contributed by atoms with Gasteiger partial charge in [0.05, 0.1) is 0 Å². The highest BCUT2D eigenvalue weighted by atomic mass is 16.5. The van der Waals surface area contributed by atoms with Gasteiger partial charge in [-0.25, -0.2) is 0 Å². The Hall–Kier alpha value is -1.44. The molecule has 0 saturated heterocycles. The second-order valence-corrected chi connectivity index (χ2v) is 9.09. The van der Waals surface area contributed by atoms with Gasteiger partial charge in [0.15, 0.2) is 0 Å². The van der Waals surface area contributed by atoms with Crippen LogP contribution >= 0.6 is 0 Å². The Kier molecular flexibility index (Phi) is 3.37. The number of hydrogen-bond acceptors (Lipinski definition) is 2. The first-order valence-electron chi connectivity index (χ1n) is 9.42. The number of phenolic OH excluding ortho intramolecular Hbond substituents is 1. The quantitative estimate of drug-likeness (QED) is 0.719. The first-order chi connectivity index (χ1) is 11.3. The van der Waals surface area contributed by atoms with E-state index < -0.39 is 0 Å². The van der Waals surface area contributed by atoms with Gasteiger partial charge in [-0.05, 0) is 82.4 Å². The molecule has 4 rings (SSSR count). The van der Waals surface area contributed by atoms with Gasteiger partial charge in [0, 0.05) is 17.4 Å². The molecule has 0 spiro atoms. The van der Waals surface area contributed by atoms with E-state index >= 15 is 0 Å². The summed E-state index contributed by atoms with van der Waals surface area (Å²) in [6, 6.07) is 4.03. The van der Waals surface area contributed by atoms with Crippen LogP contribution in [-0.4, -0.2) is 10.7 Å². The van der Waals surface area contributed by atoms with Crippen molar-refractivity contribution < 1.29 is 9.84 Å². The molecular formula is C22H30O2. The van der Waals surface area contributed by atoms with Crippen molar-refractivity contribution in [1.29, 1.82) is 0 Å². The Balaban J connectivity index is 1.77. The van der Waals surface area contributed by atoms with Gasteiger partial charge in [-0.3, -0.25) is 0 Å². The lowest BCUT2D eigenvalue weighted by atomic mass is 9.43. The minimum absolute atomic E-state index is 0.0431. The fourth-order valence-corrected chi connectivity index (χ4v) is 6.10. The second-order valence-electron chi connectivity index (χ2n) is 9.09. The van der Waals surface area contributed by atoms with E-state index in [1.54, 1.807) is 0 Å². The zero-order valence-corrected chi connectivity index (χ0v) is 15.6. The van der Waals surface area contributed by atoms with E-state index in [9.17, 15) is 5.11 Å². The molecular weight excluding hydrogens is 296 g/mol. The molecule has 130 valence electrons. The Morgan fingerprint density at radius 1 is 1.33 bits per heavy atom. The molecule has 2 fully saturated rings. The molecule has 0 amide bonds. The van der Waals surface area contributed by atoms with Gasteiger partial charge in [0.2, 0.25) is 0 Å². The number of fused-ring (bicyclic) bond motifs is 2. The maximum absolute atomic E-state index is 10.7. The Bertz CT molecular complexity index is 715. The molecule has 0 radical (unpaired) electrons. The molecule has 2 saturated carbocycles. The Morgan fingerprint density at radius 2 is 2.08 bits per heavy atom. The van der Waals surface area contributed by atoms with Crippen molar-refractivity contribution in [2.24, 2.45) is 17.3 Å². The number of allylic oxidation sites excluding steroid dienone is 2. The minimum Gasteiger partial charge on any atom is -0.508 e. The first kappa shape index (κ1) is 16.1. The Morgan fingerprint density at radius 3 is 2.79 bits per heavy atom. The van der Waals surface area contributed by atoms with Crippen LogP contribution < -0.4 is 4.74 Å². The predicted molar refractivity (Wildman–Crippen MR) is 97.6 cm³/mol. The molecule has 0 unspecified atom stereocenters. The van der Waals surface area contributed by atoms with Crippen molar-refractivity contribution in [3.8, 4) is 11.5 Å². The maximum atomic E-state index is 10.7. The summed E-state index contributed by atoms with van der Waals surface area (Å²) >= 11 is 0. The third-order valence-corrected chi connectivity index (χ3v) is 7.16. The van der Waals surface area contributed by atoms with Crippen molar-refractivity contribution in [3.63, 3.8) is 0 Å². The molecule has 1 N–H and O–H groups in total. The SMILES string of the molecule is CC(C)=CCC[C@@]1(C)[C@@H]2c3c(O)cc(C)cc3O[C@]3(C)CC[C@H]1[C@H]23. The molecule has 2 heteroatoms. The molecule has 1 aromatic rings. The number of ether oxygens (including phenoxy) is 1. The summed E-state index contributed by atoms with van der Waals surface area (Å²) in [5, 5.41) is 10.7. The maximum Gasteiger partial charge on any atom is 0.127 e. The summed E-state index contributed by atoms with van der Waals surface area (Å²) in [5.41, 5.74) is 3.80. The standard InChI is InChI=1S/C22H30O2/c1-13(2)7-6-9-21(4)15-8-10-22(5)19(15)20(21)18-16(23)11-14(3)12-17(18)24-22/h7,11-12,15,19-20,23H,6,8-10H2,1-5H3/t15-,19+,20+,21+,22+/m0/s1. The minimum atomic E-state index is -0.0431. The molecule has 3 aliphatic rings. The summed E-state index contributed by atoms with van der Waals surface area (Å²) < 4.78 is 6.47. The van der Waals surface area contributed by atoms with Gasteiger partial charge in [0.25, 0.3) is 0 Å². The average Bonchev–Trinajstić information content (AvgIpc) is 2.79. The monoisotopic (exact) mass is 326 g/mol. The summed E-state index contributed by atoms with van der Waals surface area (Å²) in [6.45, 7) is 11.1. The third-order valence-electron chi connectivity index (χ3n) is 7.16. The number of rotatable bonds is 3. The van der Waals surface area contributed by atoms with Gasteiger partial charge < -0.3 is 9.84 Å². The van der Waals surface area contributed by atoms with Crippen LogP contribution in [0.25, 0.3) is 0 Å². The van der Waals surface area contributed by atoms with Crippen LogP contribution in [0.5, 0.6) is 11.5 Å². The van der Waals surface area contributed by atoms with Crippen molar-refractivity contribution in [1.82, 2.24) is 0 Å². The summed E-state index contributed by atoms with van der Waals surface area (Å²) in [4.78, 5) is 0. The summed E-state index contributed by atoms with van der Waals surface area (Å²) in [5.74, 6) is 3.10. The largest absolute Gasteiger partial charge is 0.508 e. The Labute approximate surface area is 145 Å². The van der Waals surface area contributed by atoms with E-state index in [-0.39, 0.29) is 11.0 Å². The van der Waals surface area contributed by atoms with Crippen molar-refractivity contribution >= 4 is 0 Å². The second kappa shape index (κ2) is 5.03. The highest BCUT2D eigenvalue weighted by Crippen LogP contribution is 2.75. The molecule has 1 heterocycles. The molecule has 1 aromatic carbocycles. The van der Waals surface area contributed by atoms with Gasteiger partial charge in [-0.2, -0.15) is 0 Å². The molecule has 2 nitrogen and oxygen atoms in total. The highest BCUT2D eigenvalue weighted by Gasteiger charge is 2.70. The smallest absolute Gasteiger partial charge is 0.127 e. The van der Waals surface area contributed by atoms with Gasteiger partial charge >= 0.3 is 0 Å². The van der Waals surface area contributed by atoms with E-state index in [0.717, 1.165) is 35.6 Å². The van der Waals surface area contributed by atoms with Crippen LogP contribution in [0.2, 0.25) is 0 Å². The number of benzene rings is 1. The van der Waals surface area contributed by atoms with Crippen molar-refractivity contribution in [3.05, 3.63) is 34.9 Å². The van der Waals surface area contributed by atoms with Crippen molar-refractivity contribution in [2.75, 3.05) is 0 Å². The van der Waals surface area contributed by atoms with E-state index in [2.05, 4.69) is 39.8 Å². The zero-order valence-electron chi connectivity index (χ0n) is 15.6. The van der Waals surface area contributed by atoms with E-state index in [4.69, 9.17) is 4.74 Å². The van der Waals surface area contributed by atoms with Gasteiger partial charge in [0.1, 0.15) is 17.1 Å². The lowest BCUT2D eigenvalue weighted by Crippen LogP contribution is -2.60. The topological polar surface area (TPSA) is 29.5 Å². The van der Waals surface area contributed by atoms with Crippen LogP contribution in [0.4, 0.5) is 0 Å². The fraction of sp³-hybridized carbons (Fsp3) is 0.636. The molecule has 5 atom stereocenters. The van der Waals surface area contributed by atoms with Crippen LogP contribution in [0.15, 0.2) is 23.8 Å². The van der Waals surface area contributed by atoms with Gasteiger partial charge in [-0.1, -0.05) is 18.6 Å². The molecule has 2 aliphatic carbocycles. The van der Waals surface area contributed by atoms with E-state index in [0.29, 0.717) is 17.6 Å². The molecule has 1 aliphatic heterocycles. The molecule has 0 bridgehead atoms. The predicted octanol–water partition coefficient (Wildman–Crippen LogP) is 5.73. The molecule has 24 heavy (non-hydrogen) atoms. The lowest BCUT2D eigenvalue weighted by molar-refractivity contribution is -0.133.